The third-order valence-corrected chi connectivity index (χ3v) is 9.05. The molecule has 6 aromatic rings. The summed E-state index contributed by atoms with van der Waals surface area (Å²) >= 11 is 6.90. The molecular weight excluding hydrogens is 644 g/mol. The van der Waals surface area contributed by atoms with E-state index < -0.39 is 11.9 Å². The van der Waals surface area contributed by atoms with E-state index in [2.05, 4.69) is 57.9 Å². The van der Waals surface area contributed by atoms with Gasteiger partial charge in [-0.15, -0.1) is 0 Å². The summed E-state index contributed by atoms with van der Waals surface area (Å²) in [6, 6.07) is 22.9. The second-order valence-corrected chi connectivity index (χ2v) is 12.5. The fraction of sp³-hybridized carbons (Fsp3) is 0.216. The third-order valence-electron chi connectivity index (χ3n) is 8.75. The molecule has 0 amide bonds. The van der Waals surface area contributed by atoms with Crippen LogP contribution in [-0.4, -0.2) is 78.4 Å². The fourth-order valence-corrected chi connectivity index (χ4v) is 6.45. The molecule has 0 saturated carbocycles. The minimum absolute atomic E-state index is 0.138. The Bertz CT molecular complexity index is 2290. The van der Waals surface area contributed by atoms with E-state index in [1.807, 2.05) is 48.7 Å². The Kier molecular flexibility index (Phi) is 9.48. The van der Waals surface area contributed by atoms with E-state index in [9.17, 15) is 14.4 Å². The molecule has 0 aliphatic carbocycles. The standard InChI is InChI=1S/C33H31ClN6O.C4H4O4/c1-21(2)38-12-14-39(15-13-38)30-11-9-25(18-27(30)34)40-32-26-17-22(24-16-23-6-4-5-7-28(23)35-19-24)8-10-29(26)36-20-31(32)37(3)33(40)41;5-3(6)1-2-4(7)8/h4-11,16-21H,12-15H2,1-3H3;1-2H,(H,5,6)(H,7,8)/b;2-1-. The number of piperazine rings is 1. The summed E-state index contributed by atoms with van der Waals surface area (Å²) in [5.41, 5.74) is 6.99. The Morgan fingerprint density at radius 2 is 1.53 bits per heavy atom. The van der Waals surface area contributed by atoms with Gasteiger partial charge in [0.15, 0.2) is 0 Å². The molecule has 49 heavy (non-hydrogen) atoms. The monoisotopic (exact) mass is 678 g/mol. The molecule has 0 bridgehead atoms. The molecule has 0 spiro atoms. The van der Waals surface area contributed by atoms with Crippen LogP contribution in [0.3, 0.4) is 0 Å². The second kappa shape index (κ2) is 13.9. The molecule has 1 aliphatic rings. The molecule has 11 nitrogen and oxygen atoms in total. The lowest BCUT2D eigenvalue weighted by molar-refractivity contribution is -0.134. The van der Waals surface area contributed by atoms with Gasteiger partial charge >= 0.3 is 17.6 Å². The van der Waals surface area contributed by atoms with Crippen molar-refractivity contribution in [3.8, 4) is 16.8 Å². The van der Waals surface area contributed by atoms with E-state index in [1.165, 1.54) is 0 Å². The molecule has 0 unspecified atom stereocenters. The zero-order valence-corrected chi connectivity index (χ0v) is 28.0. The number of anilines is 1. The number of nitrogens with zero attached hydrogens (tertiary/aromatic N) is 6. The van der Waals surface area contributed by atoms with Crippen molar-refractivity contribution in [2.75, 3.05) is 31.1 Å². The van der Waals surface area contributed by atoms with Gasteiger partial charge in [-0.2, -0.15) is 0 Å². The molecule has 1 saturated heterocycles. The van der Waals surface area contributed by atoms with Crippen LogP contribution in [0.25, 0.3) is 49.7 Å². The van der Waals surface area contributed by atoms with Crippen LogP contribution in [0, 0.1) is 0 Å². The summed E-state index contributed by atoms with van der Waals surface area (Å²) in [7, 11) is 1.79. The first kappa shape index (κ1) is 33.4. The number of carboxylic acids is 2. The summed E-state index contributed by atoms with van der Waals surface area (Å²) in [4.78, 5) is 46.9. The zero-order valence-electron chi connectivity index (χ0n) is 27.2. The maximum Gasteiger partial charge on any atom is 0.333 e. The van der Waals surface area contributed by atoms with E-state index in [4.69, 9.17) is 21.8 Å². The van der Waals surface area contributed by atoms with Gasteiger partial charge in [-0.1, -0.05) is 35.9 Å². The number of aryl methyl sites for hydroxylation is 1. The quantitative estimate of drug-likeness (QED) is 0.204. The van der Waals surface area contributed by atoms with Crippen LogP contribution in [0.1, 0.15) is 13.8 Å². The second-order valence-electron chi connectivity index (χ2n) is 12.1. The van der Waals surface area contributed by atoms with Crippen molar-refractivity contribution in [1.82, 2.24) is 24.0 Å². The summed E-state index contributed by atoms with van der Waals surface area (Å²) in [5.74, 6) is -2.51. The Labute approximate surface area is 286 Å². The van der Waals surface area contributed by atoms with E-state index >= 15 is 0 Å². The van der Waals surface area contributed by atoms with Crippen LogP contribution in [0.15, 0.2) is 96.1 Å². The van der Waals surface area contributed by atoms with Gasteiger partial charge in [0.2, 0.25) is 0 Å². The first-order chi connectivity index (χ1) is 23.5. The number of pyridine rings is 2. The van der Waals surface area contributed by atoms with Crippen molar-refractivity contribution in [1.29, 1.82) is 0 Å². The van der Waals surface area contributed by atoms with Crippen LogP contribution in [0.4, 0.5) is 5.69 Å². The van der Waals surface area contributed by atoms with Crippen molar-refractivity contribution >= 4 is 62.1 Å². The minimum atomic E-state index is -1.26. The van der Waals surface area contributed by atoms with Crippen LogP contribution in [-0.2, 0) is 16.6 Å². The largest absolute Gasteiger partial charge is 0.478 e. The molecule has 250 valence electrons. The van der Waals surface area contributed by atoms with Gasteiger partial charge in [0, 0.05) is 74.0 Å². The smallest absolute Gasteiger partial charge is 0.333 e. The lowest BCUT2D eigenvalue weighted by Crippen LogP contribution is -2.49. The Morgan fingerprint density at radius 1 is 0.837 bits per heavy atom. The molecule has 1 aliphatic heterocycles. The van der Waals surface area contributed by atoms with Crippen molar-refractivity contribution in [2.45, 2.75) is 19.9 Å². The fourth-order valence-electron chi connectivity index (χ4n) is 6.16. The van der Waals surface area contributed by atoms with Gasteiger partial charge in [0.05, 0.1) is 44.7 Å². The van der Waals surface area contributed by atoms with E-state index in [1.54, 1.807) is 22.4 Å². The number of hydrogen-bond acceptors (Lipinski definition) is 7. The first-order valence-corrected chi connectivity index (χ1v) is 16.2. The zero-order chi connectivity index (χ0) is 34.8. The highest BCUT2D eigenvalue weighted by atomic mass is 35.5. The lowest BCUT2D eigenvalue weighted by atomic mass is 10.0. The number of halogens is 1. The predicted molar refractivity (Wildman–Crippen MR) is 193 cm³/mol. The molecule has 1 fully saturated rings. The number of imidazole rings is 1. The van der Waals surface area contributed by atoms with Gasteiger partial charge in [0.1, 0.15) is 0 Å². The molecule has 0 atom stereocenters. The summed E-state index contributed by atoms with van der Waals surface area (Å²) < 4.78 is 3.41. The number of carboxylic acid groups (broad SMARTS) is 2. The number of aliphatic carboxylic acids is 2. The van der Waals surface area contributed by atoms with E-state index in [-0.39, 0.29) is 5.69 Å². The average Bonchev–Trinajstić information content (AvgIpc) is 3.36. The number of aromatic nitrogens is 4. The average molecular weight is 679 g/mol. The van der Waals surface area contributed by atoms with Gasteiger partial charge in [-0.3, -0.25) is 24.0 Å². The molecule has 12 heteroatoms. The highest BCUT2D eigenvalue weighted by Crippen LogP contribution is 2.33. The Hall–Kier alpha value is -5.52. The van der Waals surface area contributed by atoms with Crippen molar-refractivity contribution in [3.63, 3.8) is 0 Å². The van der Waals surface area contributed by atoms with Crippen LogP contribution in [0.5, 0.6) is 0 Å². The normalized spacial score (nSPS) is 13.8. The maximum absolute atomic E-state index is 13.7. The van der Waals surface area contributed by atoms with Gasteiger partial charge in [0.25, 0.3) is 0 Å². The van der Waals surface area contributed by atoms with Gasteiger partial charge in [-0.25, -0.2) is 14.4 Å². The number of rotatable bonds is 6. The lowest BCUT2D eigenvalue weighted by Gasteiger charge is -2.38. The number of benzene rings is 3. The van der Waals surface area contributed by atoms with Gasteiger partial charge < -0.3 is 15.1 Å². The summed E-state index contributed by atoms with van der Waals surface area (Å²) in [5, 5.41) is 18.2. The Morgan fingerprint density at radius 3 is 2.20 bits per heavy atom. The number of hydrogen-bond donors (Lipinski definition) is 2. The number of fused-ring (bicyclic) bond motifs is 4. The van der Waals surface area contributed by atoms with Gasteiger partial charge in [-0.05, 0) is 61.9 Å². The first-order valence-electron chi connectivity index (χ1n) is 15.8. The summed E-state index contributed by atoms with van der Waals surface area (Å²) in [6.07, 6.45) is 4.79. The number of para-hydroxylation sites is 1. The molecule has 4 heterocycles. The molecule has 0 radical (unpaired) electrons. The molecular formula is C37H35ClN6O5. The highest BCUT2D eigenvalue weighted by molar-refractivity contribution is 6.33. The van der Waals surface area contributed by atoms with Crippen molar-refractivity contribution in [2.24, 2.45) is 7.05 Å². The number of carbonyl (C=O) groups is 2. The van der Waals surface area contributed by atoms with Crippen LogP contribution in [0.2, 0.25) is 5.02 Å². The van der Waals surface area contributed by atoms with Crippen LogP contribution < -0.4 is 10.6 Å². The topological polar surface area (TPSA) is 134 Å². The SMILES string of the molecule is CC(C)N1CCN(c2ccc(-n3c(=O)n(C)c4cnc5ccc(-c6cnc7ccccc7c6)cc5c43)cc2Cl)CC1.O=C(O)/C=C\C(=O)O. The summed E-state index contributed by atoms with van der Waals surface area (Å²) in [6.45, 7) is 8.34. The molecule has 2 N–H and O–H groups in total. The van der Waals surface area contributed by atoms with Crippen LogP contribution >= 0.6 is 11.6 Å². The predicted octanol–water partition coefficient (Wildman–Crippen LogP) is 5.99. The van der Waals surface area contributed by atoms with Crippen molar-refractivity contribution < 1.29 is 19.8 Å². The Balaban J connectivity index is 0.000000466. The highest BCUT2D eigenvalue weighted by Gasteiger charge is 2.22. The molecule has 3 aromatic carbocycles. The molecule has 3 aromatic heterocycles. The van der Waals surface area contributed by atoms with E-state index in [0.29, 0.717) is 23.2 Å². The maximum atomic E-state index is 13.7. The molecule has 7 rings (SSSR count). The van der Waals surface area contributed by atoms with Crippen molar-refractivity contribution in [3.05, 3.63) is 107 Å². The third kappa shape index (κ3) is 6.89. The minimum Gasteiger partial charge on any atom is -0.478 e. The van der Waals surface area contributed by atoms with E-state index in [0.717, 1.165) is 81.5 Å².